The number of hydrogen-bond donors (Lipinski definition) is 2. The van der Waals surface area contributed by atoms with Crippen molar-refractivity contribution in [3.8, 4) is 11.5 Å². The number of nitrogens with one attached hydrogen (secondary N) is 2. The summed E-state index contributed by atoms with van der Waals surface area (Å²) in [6.45, 7) is 0. The van der Waals surface area contributed by atoms with Gasteiger partial charge in [-0.2, -0.15) is 0 Å². The van der Waals surface area contributed by atoms with E-state index in [1.54, 1.807) is 30.6 Å². The molecule has 236 valence electrons. The van der Waals surface area contributed by atoms with Crippen LogP contribution in [0.1, 0.15) is 46.4 Å². The van der Waals surface area contributed by atoms with Crippen LogP contribution in [0.25, 0.3) is 43.9 Å². The molecule has 0 bridgehead atoms. The lowest BCUT2D eigenvalue weighted by atomic mass is 10.0. The maximum atomic E-state index is 12.9. The van der Waals surface area contributed by atoms with Gasteiger partial charge in [0, 0.05) is 42.0 Å². The smallest absolute Gasteiger partial charge is 0.348 e. The van der Waals surface area contributed by atoms with Crippen molar-refractivity contribution in [1.82, 2.24) is 20.3 Å². The first kappa shape index (κ1) is 30.4. The van der Waals surface area contributed by atoms with Crippen LogP contribution < -0.4 is 16.3 Å². The van der Waals surface area contributed by atoms with Crippen molar-refractivity contribution in [2.75, 3.05) is 5.32 Å². The van der Waals surface area contributed by atoms with Gasteiger partial charge in [-0.25, -0.2) is 9.78 Å². The fraction of sp³-hybridized carbons (Fsp3) is 0.128. The number of aromatic nitrogens is 3. The molecule has 4 aromatic carbocycles. The van der Waals surface area contributed by atoms with Crippen LogP contribution in [0.4, 0.5) is 5.69 Å². The molecule has 0 unspecified atom stereocenters. The Morgan fingerprint density at radius 3 is 2.15 bits per heavy atom. The molecule has 9 heteroatoms. The minimum Gasteiger partial charge on any atom is -0.403 e. The first-order valence-electron chi connectivity index (χ1n) is 15.8. The van der Waals surface area contributed by atoms with E-state index in [2.05, 4.69) is 25.6 Å². The number of amides is 2. The Labute approximate surface area is 275 Å². The van der Waals surface area contributed by atoms with Crippen molar-refractivity contribution >= 4 is 49.9 Å². The van der Waals surface area contributed by atoms with Crippen molar-refractivity contribution in [3.05, 3.63) is 143 Å². The molecule has 2 amide bonds. The van der Waals surface area contributed by atoms with Gasteiger partial charge in [0.15, 0.2) is 0 Å². The predicted octanol–water partition coefficient (Wildman–Crippen LogP) is 7.56. The van der Waals surface area contributed by atoms with Crippen LogP contribution in [0, 0.1) is 0 Å². The molecule has 1 saturated carbocycles. The van der Waals surface area contributed by atoms with Gasteiger partial charge in [-0.15, -0.1) is 0 Å². The first-order valence-corrected chi connectivity index (χ1v) is 15.8. The zero-order valence-corrected chi connectivity index (χ0v) is 25.9. The summed E-state index contributed by atoms with van der Waals surface area (Å²) < 4.78 is 5.38. The SMILES string of the molecule is O=C(NC1CCCC1)c1cnccc1NC(=O)c1cccc2ccccc12.O=c1oc(-c2cccc3ccccc23)nc2ccncc12. The number of carbonyl (C=O) groups is 2. The highest BCUT2D eigenvalue weighted by atomic mass is 16.4. The van der Waals surface area contributed by atoms with Gasteiger partial charge in [0.05, 0.1) is 16.8 Å². The van der Waals surface area contributed by atoms with E-state index in [0.717, 1.165) is 52.8 Å². The Morgan fingerprint density at radius 2 is 1.33 bits per heavy atom. The van der Waals surface area contributed by atoms with Gasteiger partial charge in [0.25, 0.3) is 11.8 Å². The second-order valence-corrected chi connectivity index (χ2v) is 11.6. The number of anilines is 1. The summed E-state index contributed by atoms with van der Waals surface area (Å²) in [7, 11) is 0. The van der Waals surface area contributed by atoms with Crippen LogP contribution in [-0.2, 0) is 0 Å². The molecule has 1 aliphatic carbocycles. The lowest BCUT2D eigenvalue weighted by Gasteiger charge is -2.15. The van der Waals surface area contributed by atoms with Crippen LogP contribution in [0.15, 0.2) is 131 Å². The second-order valence-electron chi connectivity index (χ2n) is 11.6. The number of pyridine rings is 2. The van der Waals surface area contributed by atoms with E-state index < -0.39 is 5.63 Å². The van der Waals surface area contributed by atoms with Crippen LogP contribution in [0.5, 0.6) is 0 Å². The molecule has 0 aliphatic heterocycles. The van der Waals surface area contributed by atoms with Gasteiger partial charge in [-0.1, -0.05) is 85.6 Å². The number of nitrogens with zero attached hydrogens (tertiary/aromatic N) is 3. The molecular formula is C39H31N5O4. The maximum Gasteiger partial charge on any atom is 0.348 e. The summed E-state index contributed by atoms with van der Waals surface area (Å²) >= 11 is 0. The van der Waals surface area contributed by atoms with Crippen molar-refractivity contribution in [2.24, 2.45) is 0 Å². The Balaban J connectivity index is 0.000000156. The molecule has 7 aromatic rings. The van der Waals surface area contributed by atoms with Gasteiger partial charge in [0.1, 0.15) is 5.39 Å². The van der Waals surface area contributed by atoms with Gasteiger partial charge < -0.3 is 15.1 Å². The topological polar surface area (TPSA) is 127 Å². The number of carbonyl (C=O) groups excluding carboxylic acids is 2. The van der Waals surface area contributed by atoms with Crippen LogP contribution in [-0.4, -0.2) is 32.8 Å². The van der Waals surface area contributed by atoms with Crippen molar-refractivity contribution in [3.63, 3.8) is 0 Å². The number of rotatable bonds is 5. The highest BCUT2D eigenvalue weighted by Gasteiger charge is 2.21. The highest BCUT2D eigenvalue weighted by Crippen LogP contribution is 2.27. The molecule has 2 N–H and O–H groups in total. The lowest BCUT2D eigenvalue weighted by Crippen LogP contribution is -2.33. The molecule has 0 spiro atoms. The number of fused-ring (bicyclic) bond motifs is 3. The maximum absolute atomic E-state index is 12.9. The fourth-order valence-electron chi connectivity index (χ4n) is 6.07. The summed E-state index contributed by atoms with van der Waals surface area (Å²) in [4.78, 5) is 50.0. The van der Waals surface area contributed by atoms with Crippen LogP contribution in [0.3, 0.4) is 0 Å². The van der Waals surface area contributed by atoms with Crippen LogP contribution >= 0.6 is 0 Å². The monoisotopic (exact) mass is 633 g/mol. The molecule has 48 heavy (non-hydrogen) atoms. The quantitative estimate of drug-likeness (QED) is 0.200. The van der Waals surface area contributed by atoms with E-state index >= 15 is 0 Å². The van der Waals surface area contributed by atoms with E-state index in [1.807, 2.05) is 78.9 Å². The zero-order valence-electron chi connectivity index (χ0n) is 25.9. The van der Waals surface area contributed by atoms with E-state index in [9.17, 15) is 14.4 Å². The Kier molecular flexibility index (Phi) is 8.65. The number of hydrogen-bond acceptors (Lipinski definition) is 7. The molecule has 3 aromatic heterocycles. The van der Waals surface area contributed by atoms with Gasteiger partial charge >= 0.3 is 5.63 Å². The standard InChI is InChI=1S/C22H21N3O2.C17H10N2O2/c26-21(18-11-5-7-15-6-1-4-10-17(15)18)25-20-12-13-23-14-19(20)22(27)24-16-8-2-3-9-16;20-17-14-10-18-9-8-15(14)19-16(21-17)13-7-3-5-11-4-1-2-6-12(11)13/h1,4-7,10-14,16H,2-3,8-9H2,(H,24,27)(H,23,25,26);1-10H. The predicted molar refractivity (Wildman–Crippen MR) is 187 cm³/mol. The molecule has 0 saturated heterocycles. The van der Waals surface area contributed by atoms with Gasteiger partial charge in [-0.3, -0.25) is 19.6 Å². The van der Waals surface area contributed by atoms with Crippen molar-refractivity contribution < 1.29 is 14.0 Å². The fourth-order valence-corrected chi connectivity index (χ4v) is 6.07. The number of benzene rings is 4. The Hall–Kier alpha value is -6.22. The molecular weight excluding hydrogens is 602 g/mol. The molecule has 0 atom stereocenters. The summed E-state index contributed by atoms with van der Waals surface area (Å²) in [6, 6.07) is 30.7. The minimum absolute atomic E-state index is 0.191. The molecule has 9 nitrogen and oxygen atoms in total. The summed E-state index contributed by atoms with van der Waals surface area (Å²) in [5.41, 5.74) is 2.41. The third-order valence-corrected chi connectivity index (χ3v) is 8.49. The summed E-state index contributed by atoms with van der Waals surface area (Å²) in [5, 5.41) is 10.3. The average Bonchev–Trinajstić information content (AvgIpc) is 3.64. The second kappa shape index (κ2) is 13.6. The zero-order chi connectivity index (χ0) is 32.9. The van der Waals surface area contributed by atoms with Crippen molar-refractivity contribution in [1.29, 1.82) is 0 Å². The van der Waals surface area contributed by atoms with Crippen LogP contribution in [0.2, 0.25) is 0 Å². The van der Waals surface area contributed by atoms with E-state index in [1.165, 1.54) is 12.4 Å². The molecule has 3 heterocycles. The normalized spacial score (nSPS) is 12.8. The highest BCUT2D eigenvalue weighted by molar-refractivity contribution is 6.14. The van der Waals surface area contributed by atoms with E-state index in [0.29, 0.717) is 33.6 Å². The average molecular weight is 634 g/mol. The summed E-state index contributed by atoms with van der Waals surface area (Å²) in [6.07, 6.45) is 10.5. The first-order chi connectivity index (χ1) is 23.5. The molecule has 8 rings (SSSR count). The molecule has 1 fully saturated rings. The van der Waals surface area contributed by atoms with E-state index in [-0.39, 0.29) is 17.9 Å². The molecule has 0 radical (unpaired) electrons. The third-order valence-electron chi connectivity index (χ3n) is 8.49. The minimum atomic E-state index is -0.420. The largest absolute Gasteiger partial charge is 0.403 e. The van der Waals surface area contributed by atoms with Gasteiger partial charge in [0.2, 0.25) is 5.89 Å². The molecule has 1 aliphatic rings. The Morgan fingerprint density at radius 1 is 0.667 bits per heavy atom. The lowest BCUT2D eigenvalue weighted by molar-refractivity contribution is 0.0938. The summed E-state index contributed by atoms with van der Waals surface area (Å²) in [5.74, 6) is -0.105. The third kappa shape index (κ3) is 6.39. The van der Waals surface area contributed by atoms with Crippen molar-refractivity contribution in [2.45, 2.75) is 31.7 Å². The Bertz CT molecular complexity index is 2340. The van der Waals surface area contributed by atoms with E-state index in [4.69, 9.17) is 4.42 Å². The van der Waals surface area contributed by atoms with Gasteiger partial charge in [-0.05, 0) is 58.7 Å².